The smallest absolute Gasteiger partial charge is 0.310 e. The van der Waals surface area contributed by atoms with Crippen molar-refractivity contribution in [2.45, 2.75) is 26.2 Å². The van der Waals surface area contributed by atoms with Crippen molar-refractivity contribution >= 4 is 46.1 Å². The molecule has 0 aliphatic heterocycles. The normalized spacial score (nSPS) is 13.3. The number of rotatable bonds is 41. The first kappa shape index (κ1) is 56.2. The Balaban J connectivity index is 2.37. The molecule has 0 spiro atoms. The summed E-state index contributed by atoms with van der Waals surface area (Å²) in [6.45, 7) is 9.26. The van der Waals surface area contributed by atoms with Crippen molar-refractivity contribution in [3.63, 3.8) is 0 Å². The molecule has 0 aliphatic rings. The average Bonchev–Trinajstić information content (AvgIpc) is 3.25. The number of hydrogen-bond acceptors (Lipinski definition) is 18. The van der Waals surface area contributed by atoms with E-state index in [1.807, 2.05) is 49.3 Å². The number of esters is 2. The molecule has 0 saturated heterocycles. The lowest BCUT2D eigenvalue weighted by Crippen LogP contribution is -2.39. The van der Waals surface area contributed by atoms with Crippen molar-refractivity contribution in [2.75, 3.05) is 159 Å². The van der Waals surface area contributed by atoms with Crippen LogP contribution in [0.3, 0.4) is 0 Å². The van der Waals surface area contributed by atoms with Gasteiger partial charge in [-0.15, -0.1) is 11.8 Å². The van der Waals surface area contributed by atoms with Crippen LogP contribution in [0.15, 0.2) is 30.3 Å². The molecule has 1 rings (SSSR count). The third-order valence-electron chi connectivity index (χ3n) is 8.74. The number of benzene rings is 1. The van der Waals surface area contributed by atoms with Gasteiger partial charge in [0.2, 0.25) is 0 Å². The molecule has 0 saturated carbocycles. The second-order valence-electron chi connectivity index (χ2n) is 13.9. The van der Waals surface area contributed by atoms with Gasteiger partial charge in [0.1, 0.15) is 13.2 Å². The molecule has 3 unspecified atom stereocenters. The predicted molar refractivity (Wildman–Crippen MR) is 232 cm³/mol. The van der Waals surface area contributed by atoms with E-state index in [2.05, 4.69) is 6.07 Å². The van der Waals surface area contributed by atoms with Crippen molar-refractivity contribution in [3.8, 4) is 6.07 Å². The summed E-state index contributed by atoms with van der Waals surface area (Å²) >= 11 is 6.88. The summed E-state index contributed by atoms with van der Waals surface area (Å²) < 4.78 is 60.3. The Morgan fingerprint density at radius 1 is 0.705 bits per heavy atom. The lowest BCUT2D eigenvalue weighted by Gasteiger charge is -2.32. The van der Waals surface area contributed by atoms with Crippen LogP contribution in [-0.4, -0.2) is 191 Å². The van der Waals surface area contributed by atoms with Crippen LogP contribution < -0.4 is 0 Å². The monoisotopic (exact) mass is 904 g/mol. The molecule has 0 heterocycles. The zero-order chi connectivity index (χ0) is 44.8. The Hall–Kier alpha value is -2.84. The first-order chi connectivity index (χ1) is 29.5. The largest absolute Gasteiger partial charge is 0.481 e. The first-order valence-electron chi connectivity index (χ1n) is 20.5. The fraction of sp³-hybridized carbons (Fsp3) is 0.738. The molecule has 0 bridgehead atoms. The summed E-state index contributed by atoms with van der Waals surface area (Å²) in [7, 11) is 5.28. The standard InChI is InChI=1S/C42H68N2O15S2/c1-42(34-43,11-10-38(45)46)37(40(48)58-13-12-44(2)3)32-36(33-61-41(60)35-8-6-5-7-9-35)39(47)59-31-30-57-29-28-56-27-26-55-25-24-54-23-22-53-21-20-52-19-18-51-17-16-50-15-14-49-4/h5-9,36-37H,10-33H2,1-4H3,(H,45,46). The van der Waals surface area contributed by atoms with E-state index in [1.165, 1.54) is 18.7 Å². The van der Waals surface area contributed by atoms with E-state index in [-0.39, 0.29) is 51.4 Å². The Labute approximate surface area is 371 Å². The number of nitrogens with zero attached hydrogens (tertiary/aromatic N) is 2. The van der Waals surface area contributed by atoms with Crippen LogP contribution in [0.1, 0.15) is 31.7 Å². The van der Waals surface area contributed by atoms with Gasteiger partial charge in [-0.2, -0.15) is 5.26 Å². The minimum atomic E-state index is -1.43. The van der Waals surface area contributed by atoms with Crippen LogP contribution in [0.4, 0.5) is 0 Å². The number of carbonyl (C=O) groups is 3. The molecule has 1 aromatic rings. The van der Waals surface area contributed by atoms with Gasteiger partial charge in [-0.3, -0.25) is 14.4 Å². The minimum absolute atomic E-state index is 0.0555. The highest BCUT2D eigenvalue weighted by atomic mass is 32.2. The van der Waals surface area contributed by atoms with Crippen molar-refractivity contribution < 1.29 is 71.6 Å². The molecular weight excluding hydrogens is 837 g/mol. The van der Waals surface area contributed by atoms with E-state index in [1.54, 1.807) is 7.11 Å². The van der Waals surface area contributed by atoms with Crippen LogP contribution in [0.25, 0.3) is 0 Å². The van der Waals surface area contributed by atoms with Crippen LogP contribution in [0.2, 0.25) is 0 Å². The van der Waals surface area contributed by atoms with Gasteiger partial charge >= 0.3 is 17.9 Å². The Bertz CT molecular complexity index is 1340. The summed E-state index contributed by atoms with van der Waals surface area (Å²) in [5.74, 6) is -4.20. The number of nitriles is 1. The highest BCUT2D eigenvalue weighted by Gasteiger charge is 2.43. The van der Waals surface area contributed by atoms with Crippen LogP contribution >= 0.6 is 24.0 Å². The molecule has 348 valence electrons. The number of likely N-dealkylation sites (N-methyl/N-ethyl adjacent to an activating group) is 1. The van der Waals surface area contributed by atoms with E-state index in [0.29, 0.717) is 110 Å². The van der Waals surface area contributed by atoms with Crippen LogP contribution in [0, 0.1) is 28.6 Å². The molecule has 1 aromatic carbocycles. The number of carboxylic acids is 1. The van der Waals surface area contributed by atoms with E-state index in [9.17, 15) is 24.8 Å². The molecule has 0 aromatic heterocycles. The summed E-state index contributed by atoms with van der Waals surface area (Å²) in [5, 5.41) is 19.6. The number of hydrogen-bond donors (Lipinski definition) is 1. The van der Waals surface area contributed by atoms with Crippen molar-refractivity contribution in [3.05, 3.63) is 35.9 Å². The van der Waals surface area contributed by atoms with Crippen LogP contribution in [-0.2, 0) is 66.5 Å². The number of carboxylic acid groups (broad SMARTS) is 1. The summed E-state index contributed by atoms with van der Waals surface area (Å²) in [6, 6.07) is 11.4. The van der Waals surface area contributed by atoms with E-state index < -0.39 is 35.2 Å². The third kappa shape index (κ3) is 30.0. The lowest BCUT2D eigenvalue weighted by molar-refractivity contribution is -0.156. The van der Waals surface area contributed by atoms with Gasteiger partial charge in [-0.05, 0) is 39.4 Å². The molecule has 1 N–H and O–H groups in total. The number of thiocarbonyl (C=S) groups is 1. The van der Waals surface area contributed by atoms with Gasteiger partial charge in [-0.25, -0.2) is 0 Å². The zero-order valence-corrected chi connectivity index (χ0v) is 38.0. The second kappa shape index (κ2) is 37.7. The zero-order valence-electron chi connectivity index (χ0n) is 36.4. The fourth-order valence-corrected chi connectivity index (χ4v) is 6.44. The van der Waals surface area contributed by atoms with Gasteiger partial charge in [0.15, 0.2) is 0 Å². The number of thioether (sulfide) groups is 1. The SMILES string of the molecule is COCCOCCOCCOCCOCCOCCOCCOCCOCCOC(=O)C(CSC(=S)c1ccccc1)CC(C(=O)OCCN(C)C)C(C)(C#N)CCC(=O)O. The van der Waals surface area contributed by atoms with Gasteiger partial charge in [0.25, 0.3) is 0 Å². The first-order valence-corrected chi connectivity index (χ1v) is 21.9. The molecule has 0 aliphatic carbocycles. The maximum Gasteiger partial charge on any atom is 0.310 e. The second-order valence-corrected chi connectivity index (χ2v) is 15.6. The van der Waals surface area contributed by atoms with Gasteiger partial charge in [0.05, 0.1) is 140 Å². The Morgan fingerprint density at radius 2 is 1.13 bits per heavy atom. The van der Waals surface area contributed by atoms with Gasteiger partial charge in [-0.1, -0.05) is 42.5 Å². The molecule has 17 nitrogen and oxygen atoms in total. The van der Waals surface area contributed by atoms with Gasteiger partial charge in [0, 0.05) is 25.8 Å². The Kier molecular flexibility index (Phi) is 34.7. The highest BCUT2D eigenvalue weighted by Crippen LogP contribution is 2.38. The number of carbonyl (C=O) groups excluding carboxylic acids is 2. The third-order valence-corrected chi connectivity index (χ3v) is 10.4. The molecule has 61 heavy (non-hydrogen) atoms. The molecule has 0 amide bonds. The average molecular weight is 905 g/mol. The minimum Gasteiger partial charge on any atom is -0.481 e. The van der Waals surface area contributed by atoms with E-state index in [0.717, 1.165) is 5.56 Å². The topological polar surface area (TPSA) is 200 Å². The van der Waals surface area contributed by atoms with Crippen molar-refractivity contribution in [2.24, 2.45) is 17.3 Å². The predicted octanol–water partition coefficient (Wildman–Crippen LogP) is 3.54. The fourth-order valence-electron chi connectivity index (χ4n) is 5.17. The number of methoxy groups -OCH3 is 1. The summed E-state index contributed by atoms with van der Waals surface area (Å²) in [5.41, 5.74) is -0.622. The highest BCUT2D eigenvalue weighted by molar-refractivity contribution is 8.23. The summed E-state index contributed by atoms with van der Waals surface area (Å²) in [4.78, 5) is 40.3. The maximum atomic E-state index is 13.5. The molecule has 3 atom stereocenters. The lowest BCUT2D eigenvalue weighted by atomic mass is 9.71. The van der Waals surface area contributed by atoms with Gasteiger partial charge < -0.3 is 62.1 Å². The molecule has 19 heteroatoms. The summed E-state index contributed by atoms with van der Waals surface area (Å²) in [6.07, 6.45) is -0.552. The quantitative estimate of drug-likeness (QED) is 0.0568. The molecular formula is C42H68N2O15S2. The molecule has 0 fully saturated rings. The molecule has 0 radical (unpaired) electrons. The van der Waals surface area contributed by atoms with E-state index >= 15 is 0 Å². The Morgan fingerprint density at radius 3 is 1.54 bits per heavy atom. The van der Waals surface area contributed by atoms with E-state index in [4.69, 9.17) is 64.3 Å². The number of ether oxygens (including phenoxy) is 11. The maximum absolute atomic E-state index is 13.5. The number of aliphatic carboxylic acids is 1. The van der Waals surface area contributed by atoms with Crippen molar-refractivity contribution in [1.29, 1.82) is 5.26 Å². The van der Waals surface area contributed by atoms with Crippen LogP contribution in [0.5, 0.6) is 0 Å². The van der Waals surface area contributed by atoms with Crippen molar-refractivity contribution in [1.82, 2.24) is 4.90 Å².